The van der Waals surface area contributed by atoms with Gasteiger partial charge in [-0.1, -0.05) is 68.0 Å². The minimum atomic E-state index is -1.30. The van der Waals surface area contributed by atoms with Gasteiger partial charge in [0, 0.05) is 39.7 Å². The van der Waals surface area contributed by atoms with Gasteiger partial charge in [-0.3, -0.25) is 19.2 Å². The van der Waals surface area contributed by atoms with E-state index >= 15 is 0 Å². The molecular weight excluding hydrogens is 550 g/mol. The molecule has 1 spiro atoms. The van der Waals surface area contributed by atoms with Crippen LogP contribution in [0, 0.1) is 11.8 Å². The predicted molar refractivity (Wildman–Crippen MR) is 158 cm³/mol. The fourth-order valence-corrected chi connectivity index (χ4v) is 6.94. The number of esters is 1. The summed E-state index contributed by atoms with van der Waals surface area (Å²) >= 11 is 0. The number of benzene rings is 1. The van der Waals surface area contributed by atoms with Crippen LogP contribution in [0.5, 0.6) is 0 Å². The number of rotatable bonds is 7. The molecule has 0 saturated carbocycles. The lowest BCUT2D eigenvalue weighted by atomic mass is 9.74. The maximum absolute atomic E-state index is 14.3. The predicted octanol–water partition coefficient (Wildman–Crippen LogP) is 2.63. The zero-order valence-electron chi connectivity index (χ0n) is 25.3. The number of allylic oxidation sites excluding steroid dienone is 1. The molecule has 1 N–H and O–H groups in total. The maximum Gasteiger partial charge on any atom is 0.313 e. The number of hydrogen-bond donors (Lipinski definition) is 1. The summed E-state index contributed by atoms with van der Waals surface area (Å²) in [7, 11) is 1.71. The van der Waals surface area contributed by atoms with Crippen molar-refractivity contribution >= 4 is 23.7 Å². The van der Waals surface area contributed by atoms with E-state index in [-0.39, 0.29) is 37.3 Å². The Hall–Kier alpha value is -3.50. The topological polar surface area (TPSA) is 117 Å². The number of aliphatic hydroxyl groups excluding tert-OH is 1. The summed E-state index contributed by atoms with van der Waals surface area (Å²) in [5.41, 5.74) is -0.571. The van der Waals surface area contributed by atoms with E-state index in [9.17, 15) is 24.3 Å². The van der Waals surface area contributed by atoms with Gasteiger partial charge in [0.05, 0.1) is 18.1 Å². The van der Waals surface area contributed by atoms with E-state index < -0.39 is 47.7 Å². The number of fused-ring (bicyclic) bond motifs is 2. The fraction of sp³-hybridized carbons (Fsp3) is 0.576. The van der Waals surface area contributed by atoms with Crippen molar-refractivity contribution in [1.82, 2.24) is 14.7 Å². The Balaban J connectivity index is 1.57. The lowest BCUT2D eigenvalue weighted by Gasteiger charge is -2.36. The number of likely N-dealkylation sites (tertiary alicyclic amines) is 1. The molecule has 1 aromatic carbocycles. The van der Waals surface area contributed by atoms with E-state index in [4.69, 9.17) is 9.47 Å². The first-order valence-electron chi connectivity index (χ1n) is 15.5. The summed E-state index contributed by atoms with van der Waals surface area (Å²) < 4.78 is 12.7. The van der Waals surface area contributed by atoms with Gasteiger partial charge >= 0.3 is 5.97 Å². The Bertz CT molecular complexity index is 1270. The third-order valence-corrected chi connectivity index (χ3v) is 9.36. The molecule has 232 valence electrons. The van der Waals surface area contributed by atoms with Gasteiger partial charge in [0.25, 0.3) is 0 Å². The zero-order valence-corrected chi connectivity index (χ0v) is 25.3. The first kappa shape index (κ1) is 30.9. The van der Waals surface area contributed by atoms with E-state index in [0.29, 0.717) is 25.9 Å². The van der Waals surface area contributed by atoms with Crippen LogP contribution in [0.25, 0.3) is 0 Å². The van der Waals surface area contributed by atoms with Gasteiger partial charge in [-0.25, -0.2) is 0 Å². The highest BCUT2D eigenvalue weighted by Gasteiger charge is 2.73. The fourth-order valence-electron chi connectivity index (χ4n) is 6.94. The molecule has 4 heterocycles. The van der Waals surface area contributed by atoms with Crippen LogP contribution in [0.3, 0.4) is 0 Å². The lowest BCUT2D eigenvalue weighted by molar-refractivity contribution is -0.164. The quantitative estimate of drug-likeness (QED) is 0.382. The molecule has 5 rings (SSSR count). The molecule has 0 aromatic heterocycles. The largest absolute Gasteiger partial charge is 0.455 e. The number of nitrogens with zero attached hydrogens (tertiary/aromatic N) is 3. The Morgan fingerprint density at radius 1 is 1.02 bits per heavy atom. The number of carbonyl (C=O) groups is 4. The molecular formula is C33H43N3O7. The van der Waals surface area contributed by atoms with Crippen molar-refractivity contribution in [3.63, 3.8) is 0 Å². The normalized spacial score (nSPS) is 33.7. The van der Waals surface area contributed by atoms with Gasteiger partial charge in [0.2, 0.25) is 17.7 Å². The maximum atomic E-state index is 14.3. The van der Waals surface area contributed by atoms with E-state index in [1.165, 1.54) is 4.90 Å². The summed E-state index contributed by atoms with van der Waals surface area (Å²) in [6.07, 6.45) is 8.60. The first-order chi connectivity index (χ1) is 20.7. The number of amides is 3. The average Bonchev–Trinajstić information content (AvgIpc) is 3.66. The van der Waals surface area contributed by atoms with Crippen LogP contribution in [0.1, 0.15) is 57.6 Å². The second kappa shape index (κ2) is 13.0. The second-order valence-corrected chi connectivity index (χ2v) is 12.0. The van der Waals surface area contributed by atoms with Crippen LogP contribution in [0.2, 0.25) is 0 Å². The highest BCUT2D eigenvalue weighted by Crippen LogP contribution is 2.56. The molecule has 7 atom stereocenters. The van der Waals surface area contributed by atoms with E-state index in [1.54, 1.807) is 29.0 Å². The number of likely N-dealkylation sites (N-methyl/N-ethyl adjacent to an activating group) is 1. The Labute approximate surface area is 253 Å². The number of cyclic esters (lactones) is 1. The number of hydrogen-bond acceptors (Lipinski definition) is 7. The van der Waals surface area contributed by atoms with Gasteiger partial charge in [-0.05, 0) is 31.7 Å². The Morgan fingerprint density at radius 3 is 2.51 bits per heavy atom. The Morgan fingerprint density at radius 2 is 1.79 bits per heavy atom. The first-order valence-corrected chi connectivity index (χ1v) is 15.5. The highest BCUT2D eigenvalue weighted by molar-refractivity contribution is 5.99. The molecule has 4 aliphatic heterocycles. The summed E-state index contributed by atoms with van der Waals surface area (Å²) in [5, 5.41) is 9.62. The minimum Gasteiger partial charge on any atom is -0.455 e. The van der Waals surface area contributed by atoms with Crippen molar-refractivity contribution in [2.75, 3.05) is 33.3 Å². The molecule has 43 heavy (non-hydrogen) atoms. The Kier molecular flexibility index (Phi) is 9.36. The number of aliphatic hydroxyl groups is 1. The summed E-state index contributed by atoms with van der Waals surface area (Å²) in [5.74, 6) is -3.16. The zero-order chi connectivity index (χ0) is 30.7. The molecule has 0 aliphatic carbocycles. The molecule has 3 amide bonds. The minimum absolute atomic E-state index is 0.0868. The monoisotopic (exact) mass is 593 g/mol. The molecule has 2 saturated heterocycles. The molecule has 10 heteroatoms. The molecule has 1 aromatic rings. The standard InChI is InChI=1S/C33H43N3O7/c1-4-5-18-35-19-11-7-10-15-25(38)34(3)22(2)28(23-13-8-6-9-14-23)42-32(41)26-24-16-17-33(43-24)27(26)30(39)36(20-12-21-37)29(33)31(35)40/h6-9,11,13-14,16-17,22,24,26-29,37H,4-5,10,12,15,18-21H2,1-3H3/b11-7-/t22-,24+,26-,27-,28+,29+,33-/m0/s1. The smallest absolute Gasteiger partial charge is 0.313 e. The molecule has 10 nitrogen and oxygen atoms in total. The molecule has 2 fully saturated rings. The van der Waals surface area contributed by atoms with Crippen LogP contribution in [-0.2, 0) is 28.7 Å². The van der Waals surface area contributed by atoms with E-state index in [2.05, 4.69) is 0 Å². The van der Waals surface area contributed by atoms with Crippen LogP contribution in [-0.4, -0.2) is 101 Å². The van der Waals surface area contributed by atoms with Gasteiger partial charge in [-0.15, -0.1) is 0 Å². The van der Waals surface area contributed by atoms with Gasteiger partial charge in [0.15, 0.2) is 0 Å². The van der Waals surface area contributed by atoms with Crippen LogP contribution in [0.4, 0.5) is 0 Å². The molecule has 4 aliphatic rings. The molecule has 5 bridgehead atoms. The van der Waals surface area contributed by atoms with Gasteiger partial charge < -0.3 is 29.3 Å². The SMILES string of the molecule is CCCCN1C/C=C\CCC(=O)N(C)[C@@H](C)[C@H](c2ccccc2)OC(=O)[C@@H]2[C@H]3C(=O)N(CCCO)[C@H](C1=O)[C@]31C=C[C@H]2O1. The van der Waals surface area contributed by atoms with Crippen LogP contribution < -0.4 is 0 Å². The number of ether oxygens (including phenoxy) is 2. The van der Waals surface area contributed by atoms with Crippen molar-refractivity contribution in [3.05, 3.63) is 60.2 Å². The van der Waals surface area contributed by atoms with Crippen molar-refractivity contribution < 1.29 is 33.8 Å². The lowest BCUT2D eigenvalue weighted by Crippen LogP contribution is -2.56. The van der Waals surface area contributed by atoms with Crippen molar-refractivity contribution in [1.29, 1.82) is 0 Å². The van der Waals surface area contributed by atoms with E-state index in [1.807, 2.05) is 56.3 Å². The molecule has 0 radical (unpaired) electrons. The third kappa shape index (κ3) is 5.62. The summed E-state index contributed by atoms with van der Waals surface area (Å²) in [6.45, 7) is 4.75. The van der Waals surface area contributed by atoms with Crippen molar-refractivity contribution in [2.24, 2.45) is 11.8 Å². The molecule has 0 unspecified atom stereocenters. The van der Waals surface area contributed by atoms with Crippen molar-refractivity contribution in [2.45, 2.75) is 75.8 Å². The third-order valence-electron chi connectivity index (χ3n) is 9.36. The number of carbonyl (C=O) groups excluding carboxylic acids is 4. The van der Waals surface area contributed by atoms with E-state index in [0.717, 1.165) is 18.4 Å². The highest BCUT2D eigenvalue weighted by atomic mass is 16.6. The van der Waals surface area contributed by atoms with Gasteiger partial charge in [0.1, 0.15) is 23.7 Å². The summed E-state index contributed by atoms with van der Waals surface area (Å²) in [6, 6.07) is 7.83. The van der Waals surface area contributed by atoms with Crippen LogP contribution >= 0.6 is 0 Å². The number of unbranched alkanes of at least 4 members (excludes halogenated alkanes) is 1. The second-order valence-electron chi connectivity index (χ2n) is 12.0. The van der Waals surface area contributed by atoms with Crippen molar-refractivity contribution in [3.8, 4) is 0 Å². The van der Waals surface area contributed by atoms with Crippen LogP contribution in [0.15, 0.2) is 54.6 Å². The summed E-state index contributed by atoms with van der Waals surface area (Å²) in [4.78, 5) is 60.6. The van der Waals surface area contributed by atoms with Gasteiger partial charge in [-0.2, -0.15) is 0 Å². The average molecular weight is 594 g/mol.